The van der Waals surface area contributed by atoms with Gasteiger partial charge in [0.2, 0.25) is 0 Å². The highest BCUT2D eigenvalue weighted by molar-refractivity contribution is 5.53. The Bertz CT molecular complexity index is 534. The zero-order valence-corrected chi connectivity index (χ0v) is 11.1. The van der Waals surface area contributed by atoms with E-state index in [1.165, 1.54) is 5.56 Å². The van der Waals surface area contributed by atoms with Crippen LogP contribution in [-0.4, -0.2) is 12.0 Å². The zero-order valence-electron chi connectivity index (χ0n) is 11.1. The summed E-state index contributed by atoms with van der Waals surface area (Å²) in [6.07, 6.45) is 3.57. The van der Waals surface area contributed by atoms with Gasteiger partial charge in [-0.3, -0.25) is 4.98 Å². The van der Waals surface area contributed by atoms with E-state index in [0.29, 0.717) is 6.54 Å². The van der Waals surface area contributed by atoms with Crippen LogP contribution >= 0.6 is 0 Å². The van der Waals surface area contributed by atoms with Crippen molar-refractivity contribution >= 4 is 5.69 Å². The molecule has 0 aromatic carbocycles. The van der Waals surface area contributed by atoms with Crippen molar-refractivity contribution in [3.8, 4) is 0 Å². The van der Waals surface area contributed by atoms with Crippen LogP contribution in [0.3, 0.4) is 0 Å². The summed E-state index contributed by atoms with van der Waals surface area (Å²) in [5, 5.41) is 0. The Balaban J connectivity index is 2.25. The smallest absolute Gasteiger partial charge is 0.105 e. The van der Waals surface area contributed by atoms with E-state index in [1.54, 1.807) is 6.26 Å². The van der Waals surface area contributed by atoms with Crippen LogP contribution < -0.4 is 10.6 Å². The van der Waals surface area contributed by atoms with Crippen LogP contribution in [0.25, 0.3) is 0 Å². The number of rotatable bonds is 4. The van der Waals surface area contributed by atoms with Crippen LogP contribution in [0.2, 0.25) is 0 Å². The molecule has 96 valence electrons. The molecule has 2 aromatic rings. The predicted octanol–water partition coefficient (Wildman–Crippen LogP) is 2.39. The summed E-state index contributed by atoms with van der Waals surface area (Å²) in [6, 6.07) is 4.07. The summed E-state index contributed by atoms with van der Waals surface area (Å²) in [4.78, 5) is 6.46. The SMILES string of the molecule is Cc1cc(N(C)Cc2ccoc2C)c(CN)cn1. The highest BCUT2D eigenvalue weighted by Gasteiger charge is 2.10. The van der Waals surface area contributed by atoms with Crippen LogP contribution in [0.4, 0.5) is 5.69 Å². The van der Waals surface area contributed by atoms with Crippen LogP contribution in [0.15, 0.2) is 29.0 Å². The number of furan rings is 1. The quantitative estimate of drug-likeness (QED) is 0.898. The molecule has 0 saturated heterocycles. The van der Waals surface area contributed by atoms with Gasteiger partial charge in [0.05, 0.1) is 6.26 Å². The molecule has 0 bridgehead atoms. The standard InChI is InChI=1S/C14H19N3O/c1-10-6-14(13(7-15)8-16-10)17(3)9-12-4-5-18-11(12)2/h4-6,8H,7,9,15H2,1-3H3. The van der Waals surface area contributed by atoms with Gasteiger partial charge in [0.25, 0.3) is 0 Å². The van der Waals surface area contributed by atoms with E-state index in [-0.39, 0.29) is 0 Å². The Kier molecular flexibility index (Phi) is 3.67. The maximum atomic E-state index is 5.76. The molecule has 0 aliphatic carbocycles. The van der Waals surface area contributed by atoms with E-state index >= 15 is 0 Å². The third-order valence-corrected chi connectivity index (χ3v) is 3.10. The molecule has 0 radical (unpaired) electrons. The molecule has 2 aromatic heterocycles. The summed E-state index contributed by atoms with van der Waals surface area (Å²) >= 11 is 0. The second-order valence-corrected chi connectivity index (χ2v) is 4.52. The third-order valence-electron chi connectivity index (χ3n) is 3.10. The Labute approximate surface area is 107 Å². The summed E-state index contributed by atoms with van der Waals surface area (Å²) in [6.45, 7) is 5.27. The number of nitrogens with zero attached hydrogens (tertiary/aromatic N) is 2. The second-order valence-electron chi connectivity index (χ2n) is 4.52. The van der Waals surface area contributed by atoms with E-state index in [2.05, 4.69) is 23.0 Å². The monoisotopic (exact) mass is 245 g/mol. The minimum atomic E-state index is 0.497. The lowest BCUT2D eigenvalue weighted by molar-refractivity contribution is 0.529. The molecular formula is C14H19N3O. The number of nitrogens with two attached hydrogens (primary N) is 1. The molecule has 0 spiro atoms. The summed E-state index contributed by atoms with van der Waals surface area (Å²) in [5.74, 6) is 0.960. The third kappa shape index (κ3) is 2.54. The van der Waals surface area contributed by atoms with E-state index in [4.69, 9.17) is 10.2 Å². The molecule has 4 heteroatoms. The average molecular weight is 245 g/mol. The molecule has 0 amide bonds. The molecule has 18 heavy (non-hydrogen) atoms. The van der Waals surface area contributed by atoms with Crippen molar-refractivity contribution in [1.82, 2.24) is 4.98 Å². The van der Waals surface area contributed by atoms with Gasteiger partial charge in [-0.25, -0.2) is 0 Å². The van der Waals surface area contributed by atoms with Crippen molar-refractivity contribution in [2.45, 2.75) is 26.9 Å². The number of pyridine rings is 1. The Morgan fingerprint density at radius 1 is 1.33 bits per heavy atom. The number of aromatic nitrogens is 1. The second kappa shape index (κ2) is 5.23. The van der Waals surface area contributed by atoms with Crippen molar-refractivity contribution in [3.63, 3.8) is 0 Å². The largest absolute Gasteiger partial charge is 0.469 e. The summed E-state index contributed by atoms with van der Waals surface area (Å²) < 4.78 is 5.32. The molecule has 0 aliphatic rings. The molecule has 4 nitrogen and oxygen atoms in total. The molecule has 2 heterocycles. The van der Waals surface area contributed by atoms with E-state index in [9.17, 15) is 0 Å². The molecule has 2 rings (SSSR count). The number of hydrogen-bond donors (Lipinski definition) is 1. The minimum Gasteiger partial charge on any atom is -0.469 e. The van der Waals surface area contributed by atoms with E-state index < -0.39 is 0 Å². The van der Waals surface area contributed by atoms with Crippen molar-refractivity contribution in [2.24, 2.45) is 5.73 Å². The van der Waals surface area contributed by atoms with Crippen molar-refractivity contribution in [1.29, 1.82) is 0 Å². The highest BCUT2D eigenvalue weighted by Crippen LogP contribution is 2.22. The van der Waals surface area contributed by atoms with Crippen LogP contribution in [0.1, 0.15) is 22.6 Å². The van der Waals surface area contributed by atoms with E-state index in [0.717, 1.165) is 29.2 Å². The Morgan fingerprint density at radius 2 is 2.11 bits per heavy atom. The van der Waals surface area contributed by atoms with Crippen molar-refractivity contribution in [2.75, 3.05) is 11.9 Å². The maximum Gasteiger partial charge on any atom is 0.105 e. The van der Waals surface area contributed by atoms with Gasteiger partial charge >= 0.3 is 0 Å². The van der Waals surface area contributed by atoms with Crippen molar-refractivity contribution < 1.29 is 4.42 Å². The van der Waals surface area contributed by atoms with Gasteiger partial charge in [-0.05, 0) is 26.0 Å². The topological polar surface area (TPSA) is 55.3 Å². The maximum absolute atomic E-state index is 5.76. The average Bonchev–Trinajstić information content (AvgIpc) is 2.75. The summed E-state index contributed by atoms with van der Waals surface area (Å²) in [5.41, 5.74) is 10.1. The molecule has 0 aliphatic heterocycles. The lowest BCUT2D eigenvalue weighted by atomic mass is 10.1. The van der Waals surface area contributed by atoms with Crippen LogP contribution in [0, 0.1) is 13.8 Å². The zero-order chi connectivity index (χ0) is 13.1. The van der Waals surface area contributed by atoms with Gasteiger partial charge in [-0.1, -0.05) is 0 Å². The lowest BCUT2D eigenvalue weighted by Gasteiger charge is -2.22. The fourth-order valence-corrected chi connectivity index (χ4v) is 2.00. The fourth-order valence-electron chi connectivity index (χ4n) is 2.00. The van der Waals surface area contributed by atoms with Gasteiger partial charge in [0, 0.05) is 48.8 Å². The molecule has 0 saturated carbocycles. The van der Waals surface area contributed by atoms with Gasteiger partial charge in [-0.15, -0.1) is 0 Å². The van der Waals surface area contributed by atoms with Gasteiger partial charge in [0.15, 0.2) is 0 Å². The Hall–Kier alpha value is -1.81. The molecule has 0 atom stereocenters. The molecule has 0 fully saturated rings. The predicted molar refractivity (Wildman–Crippen MR) is 72.4 cm³/mol. The molecule has 0 unspecified atom stereocenters. The first-order valence-corrected chi connectivity index (χ1v) is 6.01. The van der Waals surface area contributed by atoms with Gasteiger partial charge in [-0.2, -0.15) is 0 Å². The fraction of sp³-hybridized carbons (Fsp3) is 0.357. The highest BCUT2D eigenvalue weighted by atomic mass is 16.3. The van der Waals surface area contributed by atoms with Crippen molar-refractivity contribution in [3.05, 3.63) is 47.2 Å². The Morgan fingerprint density at radius 3 is 2.72 bits per heavy atom. The molecular weight excluding hydrogens is 226 g/mol. The van der Waals surface area contributed by atoms with Crippen LogP contribution in [-0.2, 0) is 13.1 Å². The normalized spacial score (nSPS) is 10.7. The first-order valence-electron chi connectivity index (χ1n) is 6.01. The minimum absolute atomic E-state index is 0.497. The van der Waals surface area contributed by atoms with Gasteiger partial charge in [0.1, 0.15) is 5.76 Å². The first-order chi connectivity index (χ1) is 8.61. The van der Waals surface area contributed by atoms with Crippen LogP contribution in [0.5, 0.6) is 0 Å². The lowest BCUT2D eigenvalue weighted by Crippen LogP contribution is -2.19. The van der Waals surface area contributed by atoms with E-state index in [1.807, 2.05) is 26.1 Å². The number of anilines is 1. The number of hydrogen-bond acceptors (Lipinski definition) is 4. The molecule has 2 N–H and O–H groups in total. The number of aryl methyl sites for hydroxylation is 2. The first kappa shape index (κ1) is 12.6. The van der Waals surface area contributed by atoms with Gasteiger partial charge < -0.3 is 15.1 Å². The summed E-state index contributed by atoms with van der Waals surface area (Å²) in [7, 11) is 2.06.